The Morgan fingerprint density at radius 3 is 2.72 bits per heavy atom. The summed E-state index contributed by atoms with van der Waals surface area (Å²) in [4.78, 5) is 12.1. The lowest BCUT2D eigenvalue weighted by atomic mass is 10.1. The van der Waals surface area contributed by atoms with Gasteiger partial charge in [0.05, 0.1) is 23.8 Å². The van der Waals surface area contributed by atoms with Crippen LogP contribution < -0.4 is 10.1 Å². The van der Waals surface area contributed by atoms with Gasteiger partial charge in [0.1, 0.15) is 35.8 Å². The highest BCUT2D eigenvalue weighted by Gasteiger charge is 2.32. The molecule has 7 nitrogen and oxygen atoms in total. The average molecular weight is 443 g/mol. The van der Waals surface area contributed by atoms with Crippen molar-refractivity contribution in [3.05, 3.63) is 53.1 Å². The molecule has 4 rings (SSSR count). The minimum absolute atomic E-state index is 0.0998. The lowest BCUT2D eigenvalue weighted by molar-refractivity contribution is -0.141. The van der Waals surface area contributed by atoms with Gasteiger partial charge in [-0.2, -0.15) is 18.4 Å². The largest absolute Gasteiger partial charge is 0.490 e. The molecule has 1 aliphatic rings. The van der Waals surface area contributed by atoms with Crippen LogP contribution in [0.1, 0.15) is 35.5 Å². The fourth-order valence-electron chi connectivity index (χ4n) is 3.14. The van der Waals surface area contributed by atoms with Crippen molar-refractivity contribution in [3.63, 3.8) is 0 Å². The van der Waals surface area contributed by atoms with Gasteiger partial charge >= 0.3 is 6.18 Å². The molecule has 1 N–H and O–H groups in total. The zero-order valence-electron chi connectivity index (χ0n) is 17.2. The van der Waals surface area contributed by atoms with Crippen molar-refractivity contribution < 1.29 is 22.6 Å². The second-order valence-corrected chi connectivity index (χ2v) is 7.42. The van der Waals surface area contributed by atoms with E-state index in [4.69, 9.17) is 9.47 Å². The summed E-state index contributed by atoms with van der Waals surface area (Å²) in [5.74, 6) is 1.26. The number of alkyl halides is 3. The summed E-state index contributed by atoms with van der Waals surface area (Å²) in [6.07, 6.45) is -0.959. The number of nitriles is 1. The molecule has 0 radical (unpaired) electrons. The van der Waals surface area contributed by atoms with Gasteiger partial charge in [0, 0.05) is 18.1 Å². The van der Waals surface area contributed by atoms with Crippen LogP contribution in [0.4, 0.5) is 19.0 Å². The second kappa shape index (κ2) is 8.96. The molecular weight excluding hydrogens is 423 g/mol. The summed E-state index contributed by atoms with van der Waals surface area (Å²) in [6, 6.07) is 7.88. The fourth-order valence-corrected chi connectivity index (χ4v) is 3.14. The highest BCUT2D eigenvalue weighted by Crippen LogP contribution is 2.30. The van der Waals surface area contributed by atoms with E-state index < -0.39 is 11.9 Å². The number of pyridine rings is 1. The summed E-state index contributed by atoms with van der Waals surface area (Å²) < 4.78 is 50.1. The Labute approximate surface area is 182 Å². The van der Waals surface area contributed by atoms with E-state index in [1.165, 1.54) is 6.07 Å². The SMILES string of the molecule is Cc1nc(NCc2ccnc(C(F)(F)F)c2)c2cc(OCCOC3CC3)c(C#N)cc2n1. The van der Waals surface area contributed by atoms with Crippen LogP contribution in [0, 0.1) is 18.3 Å². The summed E-state index contributed by atoms with van der Waals surface area (Å²) in [7, 11) is 0. The number of halogens is 3. The summed E-state index contributed by atoms with van der Waals surface area (Å²) >= 11 is 0. The van der Waals surface area contributed by atoms with Crippen LogP contribution in [0.15, 0.2) is 30.5 Å². The van der Waals surface area contributed by atoms with Crippen LogP contribution in [0.3, 0.4) is 0 Å². The summed E-state index contributed by atoms with van der Waals surface area (Å²) in [5.41, 5.74) is 0.308. The van der Waals surface area contributed by atoms with E-state index in [1.54, 1.807) is 19.1 Å². The molecule has 0 spiro atoms. The smallest absolute Gasteiger partial charge is 0.433 e. The van der Waals surface area contributed by atoms with Crippen molar-refractivity contribution in [2.75, 3.05) is 18.5 Å². The lowest BCUT2D eigenvalue weighted by Crippen LogP contribution is -2.10. The zero-order valence-corrected chi connectivity index (χ0v) is 17.2. The van der Waals surface area contributed by atoms with Gasteiger partial charge in [0.2, 0.25) is 0 Å². The normalized spacial score (nSPS) is 13.7. The van der Waals surface area contributed by atoms with Gasteiger partial charge in [-0.25, -0.2) is 9.97 Å². The highest BCUT2D eigenvalue weighted by molar-refractivity contribution is 5.91. The molecule has 2 aromatic heterocycles. The quantitative estimate of drug-likeness (QED) is 0.516. The number of rotatable bonds is 8. The molecule has 0 unspecified atom stereocenters. The van der Waals surface area contributed by atoms with Crippen LogP contribution in [-0.4, -0.2) is 34.3 Å². The van der Waals surface area contributed by atoms with Crippen molar-refractivity contribution >= 4 is 16.7 Å². The number of benzene rings is 1. The zero-order chi connectivity index (χ0) is 22.7. The summed E-state index contributed by atoms with van der Waals surface area (Å²) in [6.45, 7) is 2.52. The first-order valence-corrected chi connectivity index (χ1v) is 10.1. The molecule has 1 fully saturated rings. The third kappa shape index (κ3) is 5.23. The van der Waals surface area contributed by atoms with E-state index in [0.717, 1.165) is 25.1 Å². The van der Waals surface area contributed by atoms with E-state index in [-0.39, 0.29) is 6.54 Å². The number of aromatic nitrogens is 3. The van der Waals surface area contributed by atoms with Crippen molar-refractivity contribution in [1.29, 1.82) is 5.26 Å². The van der Waals surface area contributed by atoms with Gasteiger partial charge in [0.15, 0.2) is 0 Å². The van der Waals surface area contributed by atoms with E-state index in [2.05, 4.69) is 26.3 Å². The van der Waals surface area contributed by atoms with Gasteiger partial charge in [-0.3, -0.25) is 4.98 Å². The third-order valence-electron chi connectivity index (χ3n) is 4.82. The molecule has 0 amide bonds. The molecule has 166 valence electrons. The Morgan fingerprint density at radius 2 is 2.00 bits per heavy atom. The number of anilines is 1. The first kappa shape index (κ1) is 21.8. The molecule has 1 aliphatic carbocycles. The predicted molar refractivity (Wildman–Crippen MR) is 110 cm³/mol. The highest BCUT2D eigenvalue weighted by atomic mass is 19.4. The number of hydrogen-bond acceptors (Lipinski definition) is 7. The van der Waals surface area contributed by atoms with Crippen LogP contribution in [0.25, 0.3) is 10.9 Å². The van der Waals surface area contributed by atoms with Crippen LogP contribution in [0.2, 0.25) is 0 Å². The van der Waals surface area contributed by atoms with E-state index in [1.807, 2.05) is 0 Å². The first-order chi connectivity index (χ1) is 15.3. The average Bonchev–Trinajstić information content (AvgIpc) is 3.58. The van der Waals surface area contributed by atoms with Crippen molar-refractivity contribution in [2.45, 2.75) is 38.6 Å². The predicted octanol–water partition coefficient (Wildman–Crippen LogP) is 4.39. The van der Waals surface area contributed by atoms with Crippen molar-refractivity contribution in [3.8, 4) is 11.8 Å². The maximum Gasteiger partial charge on any atom is 0.433 e. The number of fused-ring (bicyclic) bond motifs is 1. The maximum atomic E-state index is 12.9. The Hall–Kier alpha value is -3.45. The van der Waals surface area contributed by atoms with E-state index in [9.17, 15) is 18.4 Å². The van der Waals surface area contributed by atoms with Gasteiger partial charge in [-0.05, 0) is 49.6 Å². The topological polar surface area (TPSA) is 93.0 Å². The molecule has 3 aromatic rings. The summed E-state index contributed by atoms with van der Waals surface area (Å²) in [5, 5.41) is 13.2. The Morgan fingerprint density at radius 1 is 1.19 bits per heavy atom. The minimum Gasteiger partial charge on any atom is -0.490 e. The molecule has 32 heavy (non-hydrogen) atoms. The number of nitrogens with one attached hydrogen (secondary N) is 1. The van der Waals surface area contributed by atoms with E-state index >= 15 is 0 Å². The Balaban J connectivity index is 1.57. The Bertz CT molecular complexity index is 1170. The van der Waals surface area contributed by atoms with Crippen molar-refractivity contribution in [2.24, 2.45) is 0 Å². The first-order valence-electron chi connectivity index (χ1n) is 10.1. The van der Waals surface area contributed by atoms with E-state index in [0.29, 0.717) is 58.7 Å². The molecule has 0 saturated heterocycles. The number of aryl methyl sites for hydroxylation is 1. The molecule has 10 heteroatoms. The van der Waals surface area contributed by atoms with Gasteiger partial charge in [0.25, 0.3) is 0 Å². The third-order valence-corrected chi connectivity index (χ3v) is 4.82. The number of ether oxygens (including phenoxy) is 2. The molecule has 0 aliphatic heterocycles. The number of hydrogen-bond donors (Lipinski definition) is 1. The fraction of sp³-hybridized carbons (Fsp3) is 0.364. The number of nitrogens with zero attached hydrogens (tertiary/aromatic N) is 4. The molecule has 1 saturated carbocycles. The van der Waals surface area contributed by atoms with Crippen molar-refractivity contribution in [1.82, 2.24) is 15.0 Å². The Kier molecular flexibility index (Phi) is 6.10. The molecular formula is C22H20F3N5O2. The maximum absolute atomic E-state index is 12.9. The van der Waals surface area contributed by atoms with Crippen LogP contribution in [0.5, 0.6) is 5.75 Å². The molecule has 0 bridgehead atoms. The van der Waals surface area contributed by atoms with Gasteiger partial charge < -0.3 is 14.8 Å². The minimum atomic E-state index is -4.52. The molecule has 2 heterocycles. The van der Waals surface area contributed by atoms with Crippen LogP contribution in [-0.2, 0) is 17.5 Å². The molecule has 0 atom stereocenters. The van der Waals surface area contributed by atoms with Gasteiger partial charge in [-0.15, -0.1) is 0 Å². The monoisotopic (exact) mass is 443 g/mol. The lowest BCUT2D eigenvalue weighted by Gasteiger charge is -2.13. The second-order valence-electron chi connectivity index (χ2n) is 7.42. The standard InChI is InChI=1S/C22H20F3N5O2/c1-13-29-18-9-15(11-26)19(32-7-6-31-16-2-3-16)10-17(18)21(30-13)28-12-14-4-5-27-20(8-14)22(23,24)25/h4-5,8-10,16H,2-3,6-7,12H2,1H3,(H,28,29,30). The molecule has 1 aromatic carbocycles. The van der Waals surface area contributed by atoms with Crippen LogP contribution >= 0.6 is 0 Å². The van der Waals surface area contributed by atoms with Gasteiger partial charge in [-0.1, -0.05) is 0 Å².